The molecule has 0 saturated carbocycles. The lowest BCUT2D eigenvalue weighted by Crippen LogP contribution is -1.98. The van der Waals surface area contributed by atoms with Gasteiger partial charge in [-0.1, -0.05) is 42.0 Å². The van der Waals surface area contributed by atoms with Gasteiger partial charge >= 0.3 is 5.97 Å². The van der Waals surface area contributed by atoms with Crippen LogP contribution in [0.15, 0.2) is 48.5 Å². The second kappa shape index (κ2) is 6.18. The SMILES string of the molecule is Cc1ccc(C(=O)/C=C/c2ccc(C(=O)O)cc2)c(C)c1. The molecule has 106 valence electrons. The minimum Gasteiger partial charge on any atom is -0.478 e. The molecule has 0 heterocycles. The van der Waals surface area contributed by atoms with Gasteiger partial charge in [0, 0.05) is 5.56 Å². The van der Waals surface area contributed by atoms with Gasteiger partial charge in [-0.2, -0.15) is 0 Å². The molecule has 0 radical (unpaired) electrons. The highest BCUT2D eigenvalue weighted by atomic mass is 16.4. The molecule has 0 spiro atoms. The van der Waals surface area contributed by atoms with Crippen molar-refractivity contribution < 1.29 is 14.7 Å². The first-order valence-corrected chi connectivity index (χ1v) is 6.60. The lowest BCUT2D eigenvalue weighted by atomic mass is 10.0. The first kappa shape index (κ1) is 14.7. The molecule has 1 N–H and O–H groups in total. The standard InChI is InChI=1S/C18H16O3/c1-12-3-9-16(13(2)11-12)17(19)10-6-14-4-7-15(8-5-14)18(20)21/h3-11H,1-2H3,(H,20,21)/b10-6+. The third-order valence-corrected chi connectivity index (χ3v) is 3.23. The highest BCUT2D eigenvalue weighted by molar-refractivity contribution is 6.07. The number of aryl methyl sites for hydroxylation is 2. The molecule has 0 saturated heterocycles. The molecule has 2 rings (SSSR count). The van der Waals surface area contributed by atoms with Crippen molar-refractivity contribution in [3.05, 3.63) is 76.4 Å². The van der Waals surface area contributed by atoms with Crippen LogP contribution in [0.3, 0.4) is 0 Å². The average molecular weight is 280 g/mol. The van der Waals surface area contributed by atoms with E-state index >= 15 is 0 Å². The molecular formula is C18H16O3. The van der Waals surface area contributed by atoms with Crippen LogP contribution in [-0.2, 0) is 0 Å². The van der Waals surface area contributed by atoms with Gasteiger partial charge in [0.1, 0.15) is 0 Å². The molecule has 0 aromatic heterocycles. The second-order valence-corrected chi connectivity index (χ2v) is 4.94. The topological polar surface area (TPSA) is 54.4 Å². The molecule has 3 nitrogen and oxygen atoms in total. The van der Waals surface area contributed by atoms with E-state index in [1.54, 1.807) is 18.2 Å². The molecule has 21 heavy (non-hydrogen) atoms. The summed E-state index contributed by atoms with van der Waals surface area (Å²) in [6, 6.07) is 12.1. The Labute approximate surface area is 123 Å². The van der Waals surface area contributed by atoms with Gasteiger partial charge in [0.15, 0.2) is 5.78 Å². The van der Waals surface area contributed by atoms with Gasteiger partial charge in [0.05, 0.1) is 5.56 Å². The first-order valence-electron chi connectivity index (χ1n) is 6.60. The van der Waals surface area contributed by atoms with Crippen molar-refractivity contribution in [2.45, 2.75) is 13.8 Å². The summed E-state index contributed by atoms with van der Waals surface area (Å²) in [6.45, 7) is 3.90. The van der Waals surface area contributed by atoms with Gasteiger partial charge in [0.2, 0.25) is 0 Å². The van der Waals surface area contributed by atoms with Crippen LogP contribution in [0.4, 0.5) is 0 Å². The van der Waals surface area contributed by atoms with Gasteiger partial charge in [0.25, 0.3) is 0 Å². The maximum absolute atomic E-state index is 12.1. The zero-order chi connectivity index (χ0) is 15.4. The molecule has 0 aliphatic heterocycles. The molecule has 0 bridgehead atoms. The summed E-state index contributed by atoms with van der Waals surface area (Å²) in [4.78, 5) is 22.9. The lowest BCUT2D eigenvalue weighted by Gasteiger charge is -2.03. The monoisotopic (exact) mass is 280 g/mol. The van der Waals surface area contributed by atoms with Gasteiger partial charge in [-0.15, -0.1) is 0 Å². The molecule has 0 aliphatic rings. The van der Waals surface area contributed by atoms with Crippen molar-refractivity contribution in [2.24, 2.45) is 0 Å². The second-order valence-electron chi connectivity index (χ2n) is 4.94. The van der Waals surface area contributed by atoms with E-state index < -0.39 is 5.97 Å². The van der Waals surface area contributed by atoms with E-state index in [-0.39, 0.29) is 11.3 Å². The van der Waals surface area contributed by atoms with Crippen LogP contribution >= 0.6 is 0 Å². The molecule has 0 aliphatic carbocycles. The number of aromatic carboxylic acids is 1. The zero-order valence-electron chi connectivity index (χ0n) is 12.0. The van der Waals surface area contributed by atoms with E-state index in [4.69, 9.17) is 5.11 Å². The van der Waals surface area contributed by atoms with Crippen LogP contribution in [0.2, 0.25) is 0 Å². The molecule has 0 fully saturated rings. The van der Waals surface area contributed by atoms with E-state index in [1.165, 1.54) is 18.2 Å². The predicted octanol–water partition coefficient (Wildman–Crippen LogP) is 3.90. The Morgan fingerprint density at radius 3 is 2.24 bits per heavy atom. The Morgan fingerprint density at radius 1 is 1.00 bits per heavy atom. The van der Waals surface area contributed by atoms with E-state index in [0.717, 1.165) is 16.7 Å². The number of ketones is 1. The maximum atomic E-state index is 12.1. The van der Waals surface area contributed by atoms with Crippen molar-refractivity contribution in [1.29, 1.82) is 0 Å². The molecule has 0 unspecified atom stereocenters. The molecule has 0 atom stereocenters. The summed E-state index contributed by atoms with van der Waals surface area (Å²) in [5.74, 6) is -1.02. The molecule has 2 aromatic rings. The number of hydrogen-bond donors (Lipinski definition) is 1. The Bertz CT molecular complexity index is 710. The number of carbonyl (C=O) groups excluding carboxylic acids is 1. The van der Waals surface area contributed by atoms with Crippen molar-refractivity contribution in [3.63, 3.8) is 0 Å². The Morgan fingerprint density at radius 2 is 1.67 bits per heavy atom. The van der Waals surface area contributed by atoms with Crippen molar-refractivity contribution in [3.8, 4) is 0 Å². The minimum absolute atomic E-state index is 0.0604. The normalized spacial score (nSPS) is 10.8. The van der Waals surface area contributed by atoms with Gasteiger partial charge in [-0.25, -0.2) is 4.79 Å². The Hall–Kier alpha value is -2.68. The predicted molar refractivity (Wildman–Crippen MR) is 82.7 cm³/mol. The van der Waals surface area contributed by atoms with Gasteiger partial charge < -0.3 is 5.11 Å². The number of hydrogen-bond acceptors (Lipinski definition) is 2. The Kier molecular flexibility index (Phi) is 4.33. The molecule has 3 heteroatoms. The fourth-order valence-electron chi connectivity index (χ4n) is 2.09. The van der Waals surface area contributed by atoms with E-state index in [1.807, 2.05) is 32.0 Å². The third kappa shape index (κ3) is 3.66. The summed E-state index contributed by atoms with van der Waals surface area (Å²) in [6.07, 6.45) is 3.20. The summed E-state index contributed by atoms with van der Waals surface area (Å²) in [7, 11) is 0. The maximum Gasteiger partial charge on any atom is 0.335 e. The first-order chi connectivity index (χ1) is 9.97. The zero-order valence-corrected chi connectivity index (χ0v) is 12.0. The highest BCUT2D eigenvalue weighted by Gasteiger charge is 2.05. The quantitative estimate of drug-likeness (QED) is 0.682. The summed E-state index contributed by atoms with van der Waals surface area (Å²) in [5, 5.41) is 8.82. The fraction of sp³-hybridized carbons (Fsp3) is 0.111. The number of allylic oxidation sites excluding steroid dienone is 1. The smallest absolute Gasteiger partial charge is 0.335 e. The fourth-order valence-corrected chi connectivity index (χ4v) is 2.09. The van der Waals surface area contributed by atoms with Crippen molar-refractivity contribution in [2.75, 3.05) is 0 Å². The van der Waals surface area contributed by atoms with Crippen LogP contribution in [0.1, 0.15) is 37.4 Å². The molecular weight excluding hydrogens is 264 g/mol. The number of benzene rings is 2. The summed E-state index contributed by atoms with van der Waals surface area (Å²) >= 11 is 0. The molecule has 2 aromatic carbocycles. The largest absolute Gasteiger partial charge is 0.478 e. The van der Waals surface area contributed by atoms with Gasteiger partial charge in [-0.3, -0.25) is 4.79 Å². The number of carboxylic acid groups (broad SMARTS) is 1. The summed E-state index contributed by atoms with van der Waals surface area (Å²) in [5.41, 5.74) is 3.77. The van der Waals surface area contributed by atoms with Crippen LogP contribution in [-0.4, -0.2) is 16.9 Å². The Balaban J connectivity index is 2.16. The number of carbonyl (C=O) groups is 2. The van der Waals surface area contributed by atoms with Crippen molar-refractivity contribution in [1.82, 2.24) is 0 Å². The average Bonchev–Trinajstić information content (AvgIpc) is 2.45. The molecule has 0 amide bonds. The van der Waals surface area contributed by atoms with E-state index in [9.17, 15) is 9.59 Å². The van der Waals surface area contributed by atoms with E-state index in [0.29, 0.717) is 5.56 Å². The minimum atomic E-state index is -0.961. The number of carboxylic acids is 1. The third-order valence-electron chi connectivity index (χ3n) is 3.23. The van der Waals surface area contributed by atoms with Crippen LogP contribution in [0, 0.1) is 13.8 Å². The van der Waals surface area contributed by atoms with Crippen molar-refractivity contribution >= 4 is 17.8 Å². The van der Waals surface area contributed by atoms with Crippen LogP contribution in [0.5, 0.6) is 0 Å². The van der Waals surface area contributed by atoms with E-state index in [2.05, 4.69) is 0 Å². The number of rotatable bonds is 4. The van der Waals surface area contributed by atoms with Crippen LogP contribution < -0.4 is 0 Å². The van der Waals surface area contributed by atoms with Gasteiger partial charge in [-0.05, 0) is 43.2 Å². The lowest BCUT2D eigenvalue weighted by molar-refractivity contribution is 0.0696. The summed E-state index contributed by atoms with van der Waals surface area (Å²) < 4.78 is 0. The van der Waals surface area contributed by atoms with Crippen LogP contribution in [0.25, 0.3) is 6.08 Å². The highest BCUT2D eigenvalue weighted by Crippen LogP contribution is 2.13.